The molecule has 0 saturated carbocycles. The Bertz CT molecular complexity index is 634. The van der Waals surface area contributed by atoms with E-state index >= 15 is 0 Å². The lowest BCUT2D eigenvalue weighted by Crippen LogP contribution is -2.44. The van der Waals surface area contributed by atoms with E-state index in [1.165, 1.54) is 5.56 Å². The van der Waals surface area contributed by atoms with Crippen molar-refractivity contribution in [3.05, 3.63) is 18.0 Å². The van der Waals surface area contributed by atoms with Crippen molar-refractivity contribution in [1.29, 1.82) is 0 Å². The molecule has 1 amide bonds. The number of carbonyl (C=O) groups is 1. The van der Waals surface area contributed by atoms with Gasteiger partial charge in [0.2, 0.25) is 0 Å². The third kappa shape index (κ3) is 7.48. The van der Waals surface area contributed by atoms with Crippen molar-refractivity contribution in [2.45, 2.75) is 58.6 Å². The molecular weight excluding hydrogens is 344 g/mol. The normalized spacial score (nSPS) is 17.9. The van der Waals surface area contributed by atoms with Gasteiger partial charge in [0, 0.05) is 39.4 Å². The second-order valence-corrected chi connectivity index (χ2v) is 7.94. The molecule has 27 heavy (non-hydrogen) atoms. The summed E-state index contributed by atoms with van der Waals surface area (Å²) in [7, 11) is 1.93. The Morgan fingerprint density at radius 3 is 2.85 bits per heavy atom. The standard InChI is InChI=1S/C19H34N6O2/c1-6-20-17(21-10-7-8-15-12-22-24(5)13-15)25-11-9-16(14-25)23-18(26)27-19(2,3)4/h12-13,16H,6-11,14H2,1-5H3,(H,20,21)(H,23,26). The quantitative estimate of drug-likeness (QED) is 0.449. The zero-order valence-corrected chi connectivity index (χ0v) is 17.3. The topological polar surface area (TPSA) is 83.8 Å². The summed E-state index contributed by atoms with van der Waals surface area (Å²) in [5.41, 5.74) is 0.757. The molecule has 1 atom stereocenters. The minimum atomic E-state index is -0.479. The van der Waals surface area contributed by atoms with Crippen LogP contribution in [0.4, 0.5) is 4.79 Å². The van der Waals surface area contributed by atoms with Crippen LogP contribution < -0.4 is 10.6 Å². The third-order valence-corrected chi connectivity index (χ3v) is 4.19. The van der Waals surface area contributed by atoms with Crippen LogP contribution in [0.1, 0.15) is 46.1 Å². The number of likely N-dealkylation sites (tertiary alicyclic amines) is 1. The number of carbonyl (C=O) groups excluding carboxylic acids is 1. The van der Waals surface area contributed by atoms with Crippen molar-refractivity contribution < 1.29 is 9.53 Å². The molecule has 0 bridgehead atoms. The van der Waals surface area contributed by atoms with Crippen LogP contribution in [0.15, 0.2) is 17.4 Å². The number of rotatable bonds is 6. The van der Waals surface area contributed by atoms with Crippen LogP contribution in [-0.4, -0.2) is 64.6 Å². The third-order valence-electron chi connectivity index (χ3n) is 4.19. The summed E-state index contributed by atoms with van der Waals surface area (Å²) in [5.74, 6) is 0.914. The first-order valence-electron chi connectivity index (χ1n) is 9.77. The Hall–Kier alpha value is -2.25. The van der Waals surface area contributed by atoms with Gasteiger partial charge in [0.05, 0.1) is 12.2 Å². The summed E-state index contributed by atoms with van der Waals surface area (Å²) >= 11 is 0. The molecule has 2 rings (SSSR count). The predicted molar refractivity (Wildman–Crippen MR) is 107 cm³/mol. The monoisotopic (exact) mass is 378 g/mol. The van der Waals surface area contributed by atoms with Gasteiger partial charge in [0.15, 0.2) is 5.96 Å². The SMILES string of the molecule is CCNC(=NCCCc1cnn(C)c1)N1CCC(NC(=O)OC(C)(C)C)C1. The number of nitrogens with zero attached hydrogens (tertiary/aromatic N) is 4. The Balaban J connectivity index is 1.80. The maximum atomic E-state index is 12.0. The lowest BCUT2D eigenvalue weighted by Gasteiger charge is -2.23. The first-order chi connectivity index (χ1) is 12.8. The Morgan fingerprint density at radius 2 is 2.22 bits per heavy atom. The van der Waals surface area contributed by atoms with E-state index in [0.29, 0.717) is 0 Å². The molecule has 1 fully saturated rings. The number of alkyl carbamates (subject to hydrolysis) is 1. The second kappa shape index (κ2) is 9.62. The molecule has 1 unspecified atom stereocenters. The Kier molecular flexibility index (Phi) is 7.50. The van der Waals surface area contributed by atoms with E-state index in [9.17, 15) is 4.79 Å². The lowest BCUT2D eigenvalue weighted by molar-refractivity contribution is 0.0507. The number of hydrogen-bond acceptors (Lipinski definition) is 4. The molecule has 1 aliphatic heterocycles. The van der Waals surface area contributed by atoms with Crippen LogP contribution in [0.5, 0.6) is 0 Å². The van der Waals surface area contributed by atoms with Gasteiger partial charge in [-0.2, -0.15) is 5.10 Å². The van der Waals surface area contributed by atoms with Gasteiger partial charge in [0.25, 0.3) is 0 Å². The van der Waals surface area contributed by atoms with Gasteiger partial charge in [-0.15, -0.1) is 0 Å². The highest BCUT2D eigenvalue weighted by Gasteiger charge is 2.27. The minimum Gasteiger partial charge on any atom is -0.444 e. The summed E-state index contributed by atoms with van der Waals surface area (Å²) in [5, 5.41) is 10.5. The number of aliphatic imine (C=N–C) groups is 1. The van der Waals surface area contributed by atoms with Gasteiger partial charge in [-0.05, 0) is 52.5 Å². The van der Waals surface area contributed by atoms with Crippen molar-refractivity contribution in [2.75, 3.05) is 26.2 Å². The molecule has 8 heteroatoms. The van der Waals surface area contributed by atoms with Crippen LogP contribution >= 0.6 is 0 Å². The molecule has 1 saturated heterocycles. The van der Waals surface area contributed by atoms with Gasteiger partial charge in [-0.1, -0.05) is 0 Å². The molecule has 1 aromatic rings. The smallest absolute Gasteiger partial charge is 0.407 e. The van der Waals surface area contributed by atoms with Crippen molar-refractivity contribution in [1.82, 2.24) is 25.3 Å². The fourth-order valence-corrected chi connectivity index (χ4v) is 3.04. The van der Waals surface area contributed by atoms with Gasteiger partial charge >= 0.3 is 6.09 Å². The first kappa shape index (κ1) is 21.1. The Labute approximate surface area is 162 Å². The van der Waals surface area contributed by atoms with E-state index in [1.54, 1.807) is 0 Å². The largest absolute Gasteiger partial charge is 0.444 e. The van der Waals surface area contributed by atoms with Gasteiger partial charge < -0.3 is 20.3 Å². The molecule has 2 heterocycles. The van der Waals surface area contributed by atoms with Crippen LogP contribution in [0.2, 0.25) is 0 Å². The maximum absolute atomic E-state index is 12.0. The van der Waals surface area contributed by atoms with E-state index in [-0.39, 0.29) is 12.1 Å². The lowest BCUT2D eigenvalue weighted by atomic mass is 10.2. The highest BCUT2D eigenvalue weighted by Crippen LogP contribution is 2.12. The van der Waals surface area contributed by atoms with E-state index in [2.05, 4.69) is 27.6 Å². The average molecular weight is 379 g/mol. The molecule has 0 spiro atoms. The number of ether oxygens (including phenoxy) is 1. The second-order valence-electron chi connectivity index (χ2n) is 7.94. The van der Waals surface area contributed by atoms with Crippen molar-refractivity contribution >= 4 is 12.1 Å². The first-order valence-corrected chi connectivity index (χ1v) is 9.77. The average Bonchev–Trinajstić information content (AvgIpc) is 3.17. The molecule has 8 nitrogen and oxygen atoms in total. The summed E-state index contributed by atoms with van der Waals surface area (Å²) < 4.78 is 7.17. The van der Waals surface area contributed by atoms with Gasteiger partial charge in [0.1, 0.15) is 5.60 Å². The maximum Gasteiger partial charge on any atom is 0.407 e. The number of guanidine groups is 1. The van der Waals surface area contributed by atoms with Crippen molar-refractivity contribution in [3.8, 4) is 0 Å². The van der Waals surface area contributed by atoms with E-state index in [0.717, 1.165) is 51.4 Å². The summed E-state index contributed by atoms with van der Waals surface area (Å²) in [6.07, 6.45) is 6.44. The predicted octanol–water partition coefficient (Wildman–Crippen LogP) is 1.92. The molecule has 1 aliphatic rings. The zero-order valence-electron chi connectivity index (χ0n) is 17.3. The van der Waals surface area contributed by atoms with E-state index < -0.39 is 5.60 Å². The van der Waals surface area contributed by atoms with Crippen LogP contribution in [-0.2, 0) is 18.2 Å². The zero-order chi connectivity index (χ0) is 19.9. The number of hydrogen-bond donors (Lipinski definition) is 2. The number of aromatic nitrogens is 2. The van der Waals surface area contributed by atoms with Crippen LogP contribution in [0, 0.1) is 0 Å². The minimum absolute atomic E-state index is 0.0825. The highest BCUT2D eigenvalue weighted by atomic mass is 16.6. The van der Waals surface area contributed by atoms with Gasteiger partial charge in [-0.25, -0.2) is 4.79 Å². The number of aryl methyl sites for hydroxylation is 2. The number of amides is 1. The van der Waals surface area contributed by atoms with Crippen LogP contribution in [0.3, 0.4) is 0 Å². The van der Waals surface area contributed by atoms with E-state index in [1.807, 2.05) is 44.9 Å². The summed E-state index contributed by atoms with van der Waals surface area (Å²) in [4.78, 5) is 18.9. The Morgan fingerprint density at radius 1 is 1.44 bits per heavy atom. The highest BCUT2D eigenvalue weighted by molar-refractivity contribution is 5.80. The van der Waals surface area contributed by atoms with Crippen LogP contribution in [0.25, 0.3) is 0 Å². The molecule has 0 aromatic carbocycles. The number of nitrogens with one attached hydrogen (secondary N) is 2. The fourth-order valence-electron chi connectivity index (χ4n) is 3.04. The molecular formula is C19H34N6O2. The molecule has 2 N–H and O–H groups in total. The summed E-state index contributed by atoms with van der Waals surface area (Å²) in [6.45, 7) is 10.9. The molecule has 0 aliphatic carbocycles. The van der Waals surface area contributed by atoms with E-state index in [4.69, 9.17) is 9.73 Å². The van der Waals surface area contributed by atoms with Gasteiger partial charge in [-0.3, -0.25) is 9.67 Å². The molecule has 1 aromatic heterocycles. The summed E-state index contributed by atoms with van der Waals surface area (Å²) in [6, 6.07) is 0.0825. The fraction of sp³-hybridized carbons (Fsp3) is 0.737. The van der Waals surface area contributed by atoms with Crippen molar-refractivity contribution in [3.63, 3.8) is 0 Å². The molecule has 152 valence electrons. The van der Waals surface area contributed by atoms with Crippen molar-refractivity contribution in [2.24, 2.45) is 12.0 Å². The molecule has 0 radical (unpaired) electrons.